The Morgan fingerprint density at radius 1 is 1.43 bits per heavy atom. The van der Waals surface area contributed by atoms with E-state index in [1.165, 1.54) is 0 Å². The number of aliphatic carboxylic acids is 1. The Kier molecular flexibility index (Phi) is 5.25. The molecule has 0 spiro atoms. The standard InChI is InChI=1S/C15H20N2O3S/c1-10(15(19)20)11-7-17(8-11)9-14(18)16-12-5-3-4-6-13(12)21-2/h3-6,10-11H,7-9H2,1-2H3,(H,16,18)(H,19,20). The average Bonchev–Trinajstić information content (AvgIpc) is 2.42. The zero-order valence-electron chi connectivity index (χ0n) is 12.2. The van der Waals surface area contributed by atoms with Crippen LogP contribution >= 0.6 is 11.8 Å². The lowest BCUT2D eigenvalue weighted by Gasteiger charge is -2.40. The van der Waals surface area contributed by atoms with Crippen LogP contribution in [0.5, 0.6) is 0 Å². The predicted molar refractivity (Wildman–Crippen MR) is 83.6 cm³/mol. The number of carboxylic acid groups (broad SMARTS) is 1. The highest BCUT2D eigenvalue weighted by molar-refractivity contribution is 7.98. The Bertz CT molecular complexity index is 529. The number of nitrogens with one attached hydrogen (secondary N) is 1. The largest absolute Gasteiger partial charge is 0.481 e. The van der Waals surface area contributed by atoms with Crippen molar-refractivity contribution >= 4 is 29.3 Å². The molecule has 2 rings (SSSR count). The lowest BCUT2D eigenvalue weighted by Crippen LogP contribution is -2.53. The molecule has 1 aliphatic rings. The molecule has 114 valence electrons. The molecule has 5 nitrogen and oxygen atoms in total. The van der Waals surface area contributed by atoms with E-state index >= 15 is 0 Å². The highest BCUT2D eigenvalue weighted by Crippen LogP contribution is 2.26. The van der Waals surface area contributed by atoms with Gasteiger partial charge in [-0.15, -0.1) is 11.8 Å². The lowest BCUT2D eigenvalue weighted by atomic mass is 9.87. The van der Waals surface area contributed by atoms with Crippen molar-refractivity contribution in [3.8, 4) is 0 Å². The molecule has 0 radical (unpaired) electrons. The van der Waals surface area contributed by atoms with Crippen LogP contribution in [0.4, 0.5) is 5.69 Å². The maximum absolute atomic E-state index is 12.0. The van der Waals surface area contributed by atoms with E-state index in [1.807, 2.05) is 35.4 Å². The van der Waals surface area contributed by atoms with E-state index in [0.717, 1.165) is 10.6 Å². The Hall–Kier alpha value is -1.53. The van der Waals surface area contributed by atoms with Crippen molar-refractivity contribution in [3.05, 3.63) is 24.3 Å². The second kappa shape index (κ2) is 6.95. The minimum atomic E-state index is -0.766. The summed E-state index contributed by atoms with van der Waals surface area (Å²) in [6, 6.07) is 7.68. The van der Waals surface area contributed by atoms with E-state index in [4.69, 9.17) is 5.11 Å². The van der Waals surface area contributed by atoms with Crippen LogP contribution < -0.4 is 5.32 Å². The topological polar surface area (TPSA) is 69.6 Å². The lowest BCUT2D eigenvalue weighted by molar-refractivity contribution is -0.145. The van der Waals surface area contributed by atoms with E-state index in [0.29, 0.717) is 19.6 Å². The first-order valence-corrected chi connectivity index (χ1v) is 8.11. The number of carbonyl (C=O) groups excluding carboxylic acids is 1. The minimum Gasteiger partial charge on any atom is -0.481 e. The summed E-state index contributed by atoms with van der Waals surface area (Å²) in [5.41, 5.74) is 0.825. The zero-order chi connectivity index (χ0) is 15.4. The van der Waals surface area contributed by atoms with E-state index < -0.39 is 5.97 Å². The van der Waals surface area contributed by atoms with E-state index in [9.17, 15) is 9.59 Å². The van der Waals surface area contributed by atoms with Crippen molar-refractivity contribution in [2.45, 2.75) is 11.8 Å². The quantitative estimate of drug-likeness (QED) is 0.787. The second-order valence-corrected chi connectivity index (χ2v) is 6.18. The molecule has 1 saturated heterocycles. The van der Waals surface area contributed by atoms with Gasteiger partial charge in [-0.1, -0.05) is 19.1 Å². The molecule has 0 aromatic heterocycles. The molecule has 6 heteroatoms. The molecule has 1 unspecified atom stereocenters. The van der Waals surface area contributed by atoms with Crippen molar-refractivity contribution in [1.29, 1.82) is 0 Å². The number of benzene rings is 1. The van der Waals surface area contributed by atoms with Crippen LogP contribution in [0.2, 0.25) is 0 Å². The predicted octanol–water partition coefficient (Wildman–Crippen LogP) is 2.00. The SMILES string of the molecule is CSc1ccccc1NC(=O)CN1CC(C(C)C(=O)O)C1. The van der Waals surface area contributed by atoms with Gasteiger partial charge in [0, 0.05) is 18.0 Å². The van der Waals surface area contributed by atoms with Gasteiger partial charge in [-0.3, -0.25) is 14.5 Å². The monoisotopic (exact) mass is 308 g/mol. The first-order chi connectivity index (χ1) is 10.0. The van der Waals surface area contributed by atoms with Gasteiger partial charge in [-0.05, 0) is 24.3 Å². The maximum Gasteiger partial charge on any atom is 0.306 e. The van der Waals surface area contributed by atoms with E-state index in [2.05, 4.69) is 5.32 Å². The van der Waals surface area contributed by atoms with Crippen molar-refractivity contribution in [2.75, 3.05) is 31.2 Å². The Balaban J connectivity index is 1.80. The number of carboxylic acids is 1. The molecule has 21 heavy (non-hydrogen) atoms. The first kappa shape index (κ1) is 15.9. The smallest absolute Gasteiger partial charge is 0.306 e. The number of hydrogen-bond acceptors (Lipinski definition) is 4. The number of anilines is 1. The van der Waals surface area contributed by atoms with Gasteiger partial charge in [0.15, 0.2) is 0 Å². The summed E-state index contributed by atoms with van der Waals surface area (Å²) in [6.45, 7) is 3.38. The Morgan fingerprint density at radius 2 is 2.10 bits per heavy atom. The summed E-state index contributed by atoms with van der Waals surface area (Å²) in [6.07, 6.45) is 1.97. The van der Waals surface area contributed by atoms with Gasteiger partial charge in [0.1, 0.15) is 0 Å². The molecule has 1 heterocycles. The van der Waals surface area contributed by atoms with Crippen molar-refractivity contribution in [1.82, 2.24) is 4.90 Å². The second-order valence-electron chi connectivity index (χ2n) is 5.33. The van der Waals surface area contributed by atoms with Gasteiger partial charge < -0.3 is 10.4 Å². The van der Waals surface area contributed by atoms with Crippen LogP contribution in [-0.2, 0) is 9.59 Å². The molecule has 1 aromatic carbocycles. The van der Waals surface area contributed by atoms with Gasteiger partial charge in [-0.25, -0.2) is 0 Å². The number of carbonyl (C=O) groups is 2. The number of amides is 1. The van der Waals surface area contributed by atoms with E-state index in [1.54, 1.807) is 18.7 Å². The maximum atomic E-state index is 12.0. The van der Waals surface area contributed by atoms with Crippen LogP contribution in [0.15, 0.2) is 29.2 Å². The van der Waals surface area contributed by atoms with E-state index in [-0.39, 0.29) is 17.7 Å². The third-order valence-corrected chi connectivity index (χ3v) is 4.63. The highest BCUT2D eigenvalue weighted by atomic mass is 32.2. The first-order valence-electron chi connectivity index (χ1n) is 6.89. The molecule has 1 atom stereocenters. The molecular weight excluding hydrogens is 288 g/mol. The number of likely N-dealkylation sites (tertiary alicyclic amines) is 1. The summed E-state index contributed by atoms with van der Waals surface area (Å²) in [7, 11) is 0. The van der Waals surface area contributed by atoms with Crippen molar-refractivity contribution < 1.29 is 14.7 Å². The molecule has 0 aliphatic carbocycles. The summed E-state index contributed by atoms with van der Waals surface area (Å²) < 4.78 is 0. The third-order valence-electron chi connectivity index (χ3n) is 3.83. The summed E-state index contributed by atoms with van der Waals surface area (Å²) in [5.74, 6) is -1.02. The fraction of sp³-hybridized carbons (Fsp3) is 0.467. The van der Waals surface area contributed by atoms with Crippen LogP contribution in [0.1, 0.15) is 6.92 Å². The molecule has 2 N–H and O–H groups in total. The molecule has 1 amide bonds. The normalized spacial score (nSPS) is 17.0. The Morgan fingerprint density at radius 3 is 2.71 bits per heavy atom. The van der Waals surface area contributed by atoms with Crippen molar-refractivity contribution in [3.63, 3.8) is 0 Å². The average molecular weight is 308 g/mol. The molecule has 1 aromatic rings. The molecule has 1 fully saturated rings. The van der Waals surface area contributed by atoms with Gasteiger partial charge in [0.25, 0.3) is 0 Å². The highest BCUT2D eigenvalue weighted by Gasteiger charge is 2.35. The van der Waals surface area contributed by atoms with Crippen LogP contribution in [0.25, 0.3) is 0 Å². The molecular formula is C15H20N2O3S. The third kappa shape index (κ3) is 3.98. The van der Waals surface area contributed by atoms with Gasteiger partial charge in [-0.2, -0.15) is 0 Å². The number of para-hydroxylation sites is 1. The number of hydrogen-bond donors (Lipinski definition) is 2. The number of thioether (sulfide) groups is 1. The van der Waals surface area contributed by atoms with Gasteiger partial charge in [0.05, 0.1) is 18.2 Å². The number of nitrogens with zero attached hydrogens (tertiary/aromatic N) is 1. The van der Waals surface area contributed by atoms with Crippen LogP contribution in [0.3, 0.4) is 0 Å². The molecule has 0 saturated carbocycles. The summed E-state index contributed by atoms with van der Waals surface area (Å²) in [5, 5.41) is 11.8. The number of rotatable bonds is 6. The van der Waals surface area contributed by atoms with Gasteiger partial charge >= 0.3 is 5.97 Å². The zero-order valence-corrected chi connectivity index (χ0v) is 13.0. The molecule has 0 bridgehead atoms. The van der Waals surface area contributed by atoms with Crippen LogP contribution in [-0.4, -0.2) is 47.8 Å². The van der Waals surface area contributed by atoms with Crippen molar-refractivity contribution in [2.24, 2.45) is 11.8 Å². The van der Waals surface area contributed by atoms with Gasteiger partial charge in [0.2, 0.25) is 5.91 Å². The summed E-state index contributed by atoms with van der Waals surface area (Å²) in [4.78, 5) is 25.9. The summed E-state index contributed by atoms with van der Waals surface area (Å²) >= 11 is 1.59. The van der Waals surface area contributed by atoms with Crippen LogP contribution in [0, 0.1) is 11.8 Å². The minimum absolute atomic E-state index is 0.0575. The molecule has 1 aliphatic heterocycles. The fourth-order valence-corrected chi connectivity index (χ4v) is 2.95. The fourth-order valence-electron chi connectivity index (χ4n) is 2.40. The Labute approximate surface area is 128 Å².